The van der Waals surface area contributed by atoms with Crippen molar-refractivity contribution in [3.63, 3.8) is 0 Å². The fourth-order valence-electron chi connectivity index (χ4n) is 1.96. The summed E-state index contributed by atoms with van der Waals surface area (Å²) in [5, 5.41) is 13.1. The molecule has 14 heavy (non-hydrogen) atoms. The van der Waals surface area contributed by atoms with E-state index < -0.39 is 0 Å². The maximum absolute atomic E-state index is 9.71. The summed E-state index contributed by atoms with van der Waals surface area (Å²) >= 11 is 0. The van der Waals surface area contributed by atoms with Crippen LogP contribution >= 0.6 is 0 Å². The lowest BCUT2D eigenvalue weighted by atomic mass is 10.0. The van der Waals surface area contributed by atoms with Gasteiger partial charge in [-0.1, -0.05) is 6.07 Å². The number of aromatic hydroxyl groups is 1. The molecule has 0 unspecified atom stereocenters. The van der Waals surface area contributed by atoms with Gasteiger partial charge in [-0.15, -0.1) is 0 Å². The summed E-state index contributed by atoms with van der Waals surface area (Å²) in [4.78, 5) is 0. The van der Waals surface area contributed by atoms with Gasteiger partial charge in [-0.2, -0.15) is 0 Å². The van der Waals surface area contributed by atoms with Crippen LogP contribution in [0, 0.1) is 0 Å². The maximum Gasteiger partial charge on any atom is 0.120 e. The average Bonchev–Trinajstić information content (AvgIpc) is 2.71. The number of nitrogens with one attached hydrogen (secondary N) is 1. The molecule has 1 fully saturated rings. The van der Waals surface area contributed by atoms with Crippen LogP contribution < -0.4 is 11.1 Å². The van der Waals surface area contributed by atoms with Crippen LogP contribution in [-0.2, 0) is 6.54 Å². The molecule has 2 rings (SSSR count). The van der Waals surface area contributed by atoms with E-state index in [1.807, 2.05) is 12.1 Å². The largest absolute Gasteiger partial charge is 0.508 e. The third kappa shape index (κ3) is 1.74. The molecule has 3 nitrogen and oxygen atoms in total. The predicted octanol–water partition coefficient (Wildman–Crippen LogP) is 1.28. The first-order valence-corrected chi connectivity index (χ1v) is 5.06. The van der Waals surface area contributed by atoms with Crippen LogP contribution in [0.1, 0.15) is 30.0 Å². The van der Waals surface area contributed by atoms with Gasteiger partial charge in [0.15, 0.2) is 0 Å². The van der Waals surface area contributed by atoms with Gasteiger partial charge in [-0.3, -0.25) is 0 Å². The fourth-order valence-corrected chi connectivity index (χ4v) is 1.96. The number of phenolic OH excluding ortho intramolecular Hbond substituents is 1. The first-order chi connectivity index (χ1) is 6.81. The minimum Gasteiger partial charge on any atom is -0.508 e. The molecule has 0 amide bonds. The summed E-state index contributed by atoms with van der Waals surface area (Å²) in [6, 6.07) is 5.91. The minimum absolute atomic E-state index is 0.307. The lowest BCUT2D eigenvalue weighted by molar-refractivity contribution is 0.456. The highest BCUT2D eigenvalue weighted by Crippen LogP contribution is 2.30. The van der Waals surface area contributed by atoms with Gasteiger partial charge in [0.05, 0.1) is 0 Å². The molecule has 1 saturated heterocycles. The van der Waals surface area contributed by atoms with Crippen LogP contribution in [0.3, 0.4) is 0 Å². The molecule has 0 saturated carbocycles. The van der Waals surface area contributed by atoms with Crippen molar-refractivity contribution < 1.29 is 5.11 Å². The van der Waals surface area contributed by atoms with Gasteiger partial charge in [-0.05, 0) is 37.1 Å². The van der Waals surface area contributed by atoms with Crippen LogP contribution in [0.2, 0.25) is 0 Å². The molecule has 1 aliphatic rings. The predicted molar refractivity (Wildman–Crippen MR) is 56.0 cm³/mol. The summed E-state index contributed by atoms with van der Waals surface area (Å²) in [5.74, 6) is 0.376. The fraction of sp³-hybridized carbons (Fsp3) is 0.455. The van der Waals surface area contributed by atoms with Crippen molar-refractivity contribution in [3.8, 4) is 5.75 Å². The second-order valence-electron chi connectivity index (χ2n) is 3.75. The number of rotatable bonds is 2. The summed E-state index contributed by atoms with van der Waals surface area (Å²) in [5.41, 5.74) is 7.63. The summed E-state index contributed by atoms with van der Waals surface area (Å²) in [6.45, 7) is 1.57. The molecule has 4 N–H and O–H groups in total. The Labute approximate surface area is 83.9 Å². The van der Waals surface area contributed by atoms with E-state index in [1.165, 1.54) is 6.42 Å². The molecule has 76 valence electrons. The number of nitrogens with two attached hydrogens (primary N) is 1. The normalized spacial score (nSPS) is 21.4. The molecular weight excluding hydrogens is 176 g/mol. The Morgan fingerprint density at radius 1 is 1.50 bits per heavy atom. The molecular formula is C11H16N2O. The van der Waals surface area contributed by atoms with Crippen LogP contribution in [0.15, 0.2) is 18.2 Å². The van der Waals surface area contributed by atoms with Gasteiger partial charge in [-0.25, -0.2) is 0 Å². The SMILES string of the molecule is NCc1ccc(O)c([C@@H]2CCCN2)c1. The third-order valence-electron chi connectivity index (χ3n) is 2.76. The van der Waals surface area contributed by atoms with E-state index in [9.17, 15) is 5.11 Å². The first-order valence-electron chi connectivity index (χ1n) is 5.06. The Morgan fingerprint density at radius 2 is 2.36 bits per heavy atom. The Hall–Kier alpha value is -1.06. The molecule has 1 atom stereocenters. The lowest BCUT2D eigenvalue weighted by Crippen LogP contribution is -2.13. The molecule has 0 bridgehead atoms. The highest BCUT2D eigenvalue weighted by Gasteiger charge is 2.19. The maximum atomic E-state index is 9.71. The third-order valence-corrected chi connectivity index (χ3v) is 2.76. The zero-order valence-corrected chi connectivity index (χ0v) is 8.16. The van der Waals surface area contributed by atoms with Crippen molar-refractivity contribution in [1.82, 2.24) is 5.32 Å². The van der Waals surface area contributed by atoms with Gasteiger partial charge < -0.3 is 16.2 Å². The summed E-state index contributed by atoms with van der Waals surface area (Å²) in [6.07, 6.45) is 2.28. The molecule has 1 aliphatic heterocycles. The van der Waals surface area contributed by atoms with Crippen molar-refractivity contribution in [1.29, 1.82) is 0 Å². The molecule has 1 aromatic carbocycles. The Balaban J connectivity index is 2.29. The van der Waals surface area contributed by atoms with E-state index in [2.05, 4.69) is 5.32 Å². The molecule has 0 aromatic heterocycles. The van der Waals surface area contributed by atoms with Crippen molar-refractivity contribution in [3.05, 3.63) is 29.3 Å². The Kier molecular flexibility index (Phi) is 2.70. The molecule has 3 heteroatoms. The van der Waals surface area contributed by atoms with Crippen molar-refractivity contribution in [2.24, 2.45) is 5.73 Å². The standard InChI is InChI=1S/C11H16N2O/c12-7-8-3-4-11(14)9(6-8)10-2-1-5-13-10/h3-4,6,10,13-14H,1-2,5,7,12H2/t10-/m0/s1. The summed E-state index contributed by atoms with van der Waals surface area (Å²) in [7, 11) is 0. The van der Waals surface area contributed by atoms with E-state index in [-0.39, 0.29) is 0 Å². The second kappa shape index (κ2) is 3.98. The highest BCUT2D eigenvalue weighted by molar-refractivity contribution is 5.38. The Morgan fingerprint density at radius 3 is 3.00 bits per heavy atom. The average molecular weight is 192 g/mol. The monoisotopic (exact) mass is 192 g/mol. The Bertz CT molecular complexity index is 319. The van der Waals surface area contributed by atoms with Crippen molar-refractivity contribution in [2.75, 3.05) is 6.54 Å². The van der Waals surface area contributed by atoms with E-state index in [4.69, 9.17) is 5.73 Å². The van der Waals surface area contributed by atoms with Crippen LogP contribution in [0.25, 0.3) is 0 Å². The summed E-state index contributed by atoms with van der Waals surface area (Å²) < 4.78 is 0. The van der Waals surface area contributed by atoms with E-state index in [0.29, 0.717) is 18.3 Å². The van der Waals surface area contributed by atoms with Crippen LogP contribution in [0.5, 0.6) is 5.75 Å². The van der Waals surface area contributed by atoms with Crippen LogP contribution in [0.4, 0.5) is 0 Å². The topological polar surface area (TPSA) is 58.3 Å². The highest BCUT2D eigenvalue weighted by atomic mass is 16.3. The molecule has 0 spiro atoms. The first kappa shape index (κ1) is 9.49. The number of hydrogen-bond donors (Lipinski definition) is 3. The van der Waals surface area contributed by atoms with Gasteiger partial charge in [0, 0.05) is 18.2 Å². The van der Waals surface area contributed by atoms with E-state index in [0.717, 1.165) is 24.1 Å². The molecule has 1 heterocycles. The van der Waals surface area contributed by atoms with Gasteiger partial charge in [0.1, 0.15) is 5.75 Å². The van der Waals surface area contributed by atoms with Gasteiger partial charge in [0.2, 0.25) is 0 Å². The molecule has 0 radical (unpaired) electrons. The minimum atomic E-state index is 0.307. The molecule has 0 aliphatic carbocycles. The lowest BCUT2D eigenvalue weighted by Gasteiger charge is -2.13. The van der Waals surface area contributed by atoms with Crippen molar-refractivity contribution >= 4 is 0 Å². The molecule has 1 aromatic rings. The zero-order valence-electron chi connectivity index (χ0n) is 8.16. The smallest absolute Gasteiger partial charge is 0.120 e. The van der Waals surface area contributed by atoms with Crippen molar-refractivity contribution in [2.45, 2.75) is 25.4 Å². The quantitative estimate of drug-likeness (QED) is 0.661. The van der Waals surface area contributed by atoms with Gasteiger partial charge >= 0.3 is 0 Å². The van der Waals surface area contributed by atoms with E-state index >= 15 is 0 Å². The number of benzene rings is 1. The zero-order chi connectivity index (χ0) is 9.97. The van der Waals surface area contributed by atoms with Gasteiger partial charge in [0.25, 0.3) is 0 Å². The van der Waals surface area contributed by atoms with E-state index in [1.54, 1.807) is 6.07 Å². The second-order valence-corrected chi connectivity index (χ2v) is 3.75. The number of phenols is 1. The number of hydrogen-bond acceptors (Lipinski definition) is 3. The van der Waals surface area contributed by atoms with Crippen LogP contribution in [-0.4, -0.2) is 11.7 Å².